The molecule has 0 saturated carbocycles. The molecule has 3 rings (SSSR count). The van der Waals surface area contributed by atoms with Gasteiger partial charge in [-0.2, -0.15) is 0 Å². The summed E-state index contributed by atoms with van der Waals surface area (Å²) in [5.41, 5.74) is 1.24. The zero-order valence-corrected chi connectivity index (χ0v) is 15.2. The first-order chi connectivity index (χ1) is 13.1. The molecule has 0 fully saturated rings. The van der Waals surface area contributed by atoms with Crippen LogP contribution in [-0.2, 0) is 6.42 Å². The van der Waals surface area contributed by atoms with Gasteiger partial charge in [0, 0.05) is 12.2 Å². The molecule has 3 amide bonds. The first-order valence-electron chi connectivity index (χ1n) is 8.36. The van der Waals surface area contributed by atoms with Crippen LogP contribution in [0.1, 0.15) is 15.2 Å². The number of nitrogens with one attached hydrogen (secondary N) is 3. The van der Waals surface area contributed by atoms with Crippen LogP contribution in [0.5, 0.6) is 0 Å². The molecule has 0 saturated heterocycles. The van der Waals surface area contributed by atoms with Crippen molar-refractivity contribution < 1.29 is 14.0 Å². The second-order valence-corrected chi connectivity index (χ2v) is 6.79. The Hall–Kier alpha value is -3.19. The minimum absolute atomic E-state index is 0.257. The van der Waals surface area contributed by atoms with Crippen molar-refractivity contribution >= 4 is 34.0 Å². The Kier molecular flexibility index (Phi) is 6.17. The molecule has 138 valence electrons. The summed E-state index contributed by atoms with van der Waals surface area (Å²) in [6, 6.07) is 18.5. The van der Waals surface area contributed by atoms with Crippen molar-refractivity contribution in [1.29, 1.82) is 0 Å². The van der Waals surface area contributed by atoms with E-state index in [9.17, 15) is 14.0 Å². The molecule has 7 heteroatoms. The molecule has 0 aliphatic heterocycles. The van der Waals surface area contributed by atoms with Crippen molar-refractivity contribution in [3.8, 4) is 0 Å². The van der Waals surface area contributed by atoms with Gasteiger partial charge in [0.25, 0.3) is 5.91 Å². The number of para-hydroxylation sites is 1. The zero-order chi connectivity index (χ0) is 19.1. The van der Waals surface area contributed by atoms with E-state index in [-0.39, 0.29) is 17.8 Å². The molecule has 2 aromatic carbocycles. The van der Waals surface area contributed by atoms with E-state index in [4.69, 9.17) is 0 Å². The minimum atomic E-state index is -0.380. The molecule has 0 bridgehead atoms. The van der Waals surface area contributed by atoms with E-state index in [1.165, 1.54) is 17.4 Å². The summed E-state index contributed by atoms with van der Waals surface area (Å²) >= 11 is 1.17. The van der Waals surface area contributed by atoms with Crippen LogP contribution in [0, 0.1) is 5.82 Å². The third-order valence-electron chi connectivity index (χ3n) is 3.74. The van der Waals surface area contributed by atoms with E-state index < -0.39 is 0 Å². The van der Waals surface area contributed by atoms with Crippen molar-refractivity contribution in [2.45, 2.75) is 6.42 Å². The summed E-state index contributed by atoms with van der Waals surface area (Å²) in [5, 5.41) is 8.72. The van der Waals surface area contributed by atoms with Gasteiger partial charge in [0.05, 0.1) is 9.88 Å². The van der Waals surface area contributed by atoms with Gasteiger partial charge in [-0.15, -0.1) is 11.3 Å². The highest BCUT2D eigenvalue weighted by Gasteiger charge is 2.11. The lowest BCUT2D eigenvalue weighted by Crippen LogP contribution is -2.25. The summed E-state index contributed by atoms with van der Waals surface area (Å²) in [6.07, 6.45) is 0.411. The second-order valence-electron chi connectivity index (χ2n) is 5.71. The Morgan fingerprint density at radius 2 is 1.63 bits per heavy atom. The Bertz CT molecular complexity index is 928. The van der Waals surface area contributed by atoms with Gasteiger partial charge in [-0.25, -0.2) is 9.18 Å². The normalized spacial score (nSPS) is 10.3. The van der Waals surface area contributed by atoms with E-state index in [0.29, 0.717) is 34.1 Å². The predicted octanol–water partition coefficient (Wildman–Crippen LogP) is 4.50. The standard InChI is InChI=1S/C20H18FN3O2S/c21-16-9-5-4-6-14(16)12-13-22-19(25)17-10-11-18(27-17)24-20(26)23-15-7-2-1-3-8-15/h1-11H,12-13H2,(H,22,25)(H2,23,24,26). The second kappa shape index (κ2) is 8.95. The van der Waals surface area contributed by atoms with Gasteiger partial charge >= 0.3 is 6.03 Å². The third kappa shape index (κ3) is 5.39. The highest BCUT2D eigenvalue weighted by atomic mass is 32.1. The number of thiophene rings is 1. The van der Waals surface area contributed by atoms with Crippen LogP contribution < -0.4 is 16.0 Å². The molecule has 3 N–H and O–H groups in total. The van der Waals surface area contributed by atoms with Crippen LogP contribution in [-0.4, -0.2) is 18.5 Å². The molecule has 0 atom stereocenters. The van der Waals surface area contributed by atoms with Crippen LogP contribution in [0.4, 0.5) is 19.9 Å². The van der Waals surface area contributed by atoms with Crippen molar-refractivity contribution in [2.24, 2.45) is 0 Å². The third-order valence-corrected chi connectivity index (χ3v) is 4.74. The summed E-state index contributed by atoms with van der Waals surface area (Å²) in [4.78, 5) is 24.6. The molecular weight excluding hydrogens is 365 g/mol. The van der Waals surface area contributed by atoms with E-state index in [2.05, 4.69) is 16.0 Å². The van der Waals surface area contributed by atoms with Gasteiger partial charge in [-0.05, 0) is 42.3 Å². The average molecular weight is 383 g/mol. The maximum atomic E-state index is 13.6. The number of carbonyl (C=O) groups excluding carboxylic acids is 2. The number of carbonyl (C=O) groups is 2. The maximum Gasteiger partial charge on any atom is 0.324 e. The van der Waals surface area contributed by atoms with Crippen molar-refractivity contribution in [1.82, 2.24) is 5.32 Å². The number of amides is 3. The molecule has 3 aromatic rings. The smallest absolute Gasteiger partial charge is 0.324 e. The molecule has 0 unspecified atom stereocenters. The van der Waals surface area contributed by atoms with E-state index in [1.807, 2.05) is 18.2 Å². The van der Waals surface area contributed by atoms with Crippen LogP contribution >= 0.6 is 11.3 Å². The van der Waals surface area contributed by atoms with Gasteiger partial charge < -0.3 is 10.6 Å². The highest BCUT2D eigenvalue weighted by molar-refractivity contribution is 7.18. The number of anilines is 2. The summed E-state index contributed by atoms with van der Waals surface area (Å²) in [6.45, 7) is 0.328. The van der Waals surface area contributed by atoms with Crippen LogP contribution in [0.25, 0.3) is 0 Å². The molecule has 0 aliphatic rings. The lowest BCUT2D eigenvalue weighted by molar-refractivity contribution is 0.0958. The molecule has 0 radical (unpaired) electrons. The zero-order valence-electron chi connectivity index (χ0n) is 14.4. The fourth-order valence-corrected chi connectivity index (χ4v) is 3.24. The monoisotopic (exact) mass is 383 g/mol. The van der Waals surface area contributed by atoms with Gasteiger partial charge in [-0.3, -0.25) is 10.1 Å². The summed E-state index contributed by atoms with van der Waals surface area (Å²) < 4.78 is 13.6. The highest BCUT2D eigenvalue weighted by Crippen LogP contribution is 2.22. The molecular formula is C20H18FN3O2S. The first kappa shape index (κ1) is 18.6. The SMILES string of the molecule is O=C(Nc1ccccc1)Nc1ccc(C(=O)NCCc2ccccc2F)s1. The first-order valence-corrected chi connectivity index (χ1v) is 9.18. The Labute approximate surface area is 160 Å². The number of hydrogen-bond acceptors (Lipinski definition) is 3. The number of benzene rings is 2. The topological polar surface area (TPSA) is 70.2 Å². The Balaban J connectivity index is 1.48. The lowest BCUT2D eigenvalue weighted by atomic mass is 10.1. The van der Waals surface area contributed by atoms with Gasteiger partial charge in [0.1, 0.15) is 5.82 Å². The van der Waals surface area contributed by atoms with Crippen LogP contribution in [0.2, 0.25) is 0 Å². The molecule has 1 heterocycles. The Morgan fingerprint density at radius 3 is 2.41 bits per heavy atom. The summed E-state index contributed by atoms with van der Waals surface area (Å²) in [5.74, 6) is -0.536. The molecule has 5 nitrogen and oxygen atoms in total. The predicted molar refractivity (Wildman–Crippen MR) is 106 cm³/mol. The fourth-order valence-electron chi connectivity index (χ4n) is 2.42. The molecule has 27 heavy (non-hydrogen) atoms. The fraction of sp³-hybridized carbons (Fsp3) is 0.100. The number of halogens is 1. The molecule has 1 aromatic heterocycles. The molecule has 0 spiro atoms. The van der Waals surface area contributed by atoms with Crippen LogP contribution in [0.3, 0.4) is 0 Å². The summed E-state index contributed by atoms with van der Waals surface area (Å²) in [7, 11) is 0. The van der Waals surface area contributed by atoms with Crippen molar-refractivity contribution in [2.75, 3.05) is 17.2 Å². The van der Waals surface area contributed by atoms with E-state index >= 15 is 0 Å². The van der Waals surface area contributed by atoms with Gasteiger partial charge in [-0.1, -0.05) is 36.4 Å². The van der Waals surface area contributed by atoms with Crippen molar-refractivity contribution in [3.63, 3.8) is 0 Å². The van der Waals surface area contributed by atoms with E-state index in [1.54, 1.807) is 42.5 Å². The molecule has 0 aliphatic carbocycles. The van der Waals surface area contributed by atoms with Crippen molar-refractivity contribution in [3.05, 3.63) is 83.0 Å². The number of rotatable bonds is 6. The maximum absolute atomic E-state index is 13.6. The number of urea groups is 1. The Morgan fingerprint density at radius 1 is 0.889 bits per heavy atom. The average Bonchev–Trinajstić information content (AvgIpc) is 3.12. The van der Waals surface area contributed by atoms with E-state index in [0.717, 1.165) is 0 Å². The quantitative estimate of drug-likeness (QED) is 0.586. The van der Waals surface area contributed by atoms with Gasteiger partial charge in [0.15, 0.2) is 0 Å². The lowest BCUT2D eigenvalue weighted by Gasteiger charge is -2.06. The van der Waals surface area contributed by atoms with Crippen LogP contribution in [0.15, 0.2) is 66.7 Å². The van der Waals surface area contributed by atoms with Gasteiger partial charge in [0.2, 0.25) is 0 Å². The minimum Gasteiger partial charge on any atom is -0.351 e. The largest absolute Gasteiger partial charge is 0.351 e. The number of hydrogen-bond donors (Lipinski definition) is 3.